The molecule has 0 spiro atoms. The van der Waals surface area contributed by atoms with E-state index in [1.165, 1.54) is 36.8 Å². The van der Waals surface area contributed by atoms with Gasteiger partial charge in [-0.1, -0.05) is 55.5 Å². The van der Waals surface area contributed by atoms with Crippen LogP contribution in [0.4, 0.5) is 0 Å². The van der Waals surface area contributed by atoms with Crippen molar-refractivity contribution >= 4 is 11.9 Å². The Kier molecular flexibility index (Phi) is 8.66. The Hall–Kier alpha value is -1.84. The molecule has 1 fully saturated rings. The number of benzene rings is 1. The molecule has 26 heavy (non-hydrogen) atoms. The summed E-state index contributed by atoms with van der Waals surface area (Å²) in [6.07, 6.45) is 8.50. The number of rotatable bonds is 8. The monoisotopic (exact) mass is 359 g/mol. The van der Waals surface area contributed by atoms with Gasteiger partial charge in [-0.05, 0) is 38.7 Å². The first-order valence-electron chi connectivity index (χ1n) is 10.1. The molecule has 0 aliphatic heterocycles. The Labute approximate surface area is 157 Å². The van der Waals surface area contributed by atoms with E-state index in [0.717, 1.165) is 19.3 Å². The Morgan fingerprint density at radius 3 is 2.31 bits per heavy atom. The van der Waals surface area contributed by atoms with Crippen molar-refractivity contribution in [3.8, 4) is 0 Å². The zero-order valence-corrected chi connectivity index (χ0v) is 16.3. The molecule has 2 rings (SSSR count). The van der Waals surface area contributed by atoms with E-state index in [0.29, 0.717) is 26.0 Å². The highest BCUT2D eigenvalue weighted by atomic mass is 16.5. The van der Waals surface area contributed by atoms with E-state index in [1.807, 2.05) is 11.8 Å². The summed E-state index contributed by atoms with van der Waals surface area (Å²) in [5.41, 5.74) is 2.42. The van der Waals surface area contributed by atoms with Crippen LogP contribution in [0.25, 0.3) is 0 Å². The van der Waals surface area contributed by atoms with Gasteiger partial charge in [0.05, 0.1) is 13.0 Å². The molecule has 0 unspecified atom stereocenters. The predicted octanol–water partition coefficient (Wildman–Crippen LogP) is 4.43. The van der Waals surface area contributed by atoms with Gasteiger partial charge in [-0.25, -0.2) is 0 Å². The molecule has 4 heteroatoms. The molecule has 0 heterocycles. The van der Waals surface area contributed by atoms with E-state index >= 15 is 0 Å². The summed E-state index contributed by atoms with van der Waals surface area (Å²) in [6, 6.07) is 8.64. The third kappa shape index (κ3) is 6.81. The fourth-order valence-corrected chi connectivity index (χ4v) is 3.67. The molecular formula is C22H33NO3. The van der Waals surface area contributed by atoms with Gasteiger partial charge >= 0.3 is 5.97 Å². The molecule has 1 saturated carbocycles. The molecule has 1 aliphatic carbocycles. The fourth-order valence-electron chi connectivity index (χ4n) is 3.67. The molecule has 0 atom stereocenters. The van der Waals surface area contributed by atoms with Crippen LogP contribution in [0, 0.1) is 6.92 Å². The van der Waals surface area contributed by atoms with Crippen LogP contribution in [0.1, 0.15) is 69.4 Å². The number of carbonyl (C=O) groups is 2. The lowest BCUT2D eigenvalue weighted by atomic mass is 10.0. The number of carbonyl (C=O) groups excluding carboxylic acids is 2. The van der Waals surface area contributed by atoms with E-state index in [9.17, 15) is 9.59 Å². The molecule has 1 aromatic carbocycles. The second kappa shape index (κ2) is 11.0. The van der Waals surface area contributed by atoms with E-state index in [4.69, 9.17) is 4.74 Å². The molecule has 144 valence electrons. The molecule has 1 amide bonds. The zero-order valence-electron chi connectivity index (χ0n) is 16.3. The van der Waals surface area contributed by atoms with Crippen molar-refractivity contribution < 1.29 is 14.3 Å². The maximum atomic E-state index is 12.9. The first-order chi connectivity index (χ1) is 12.6. The van der Waals surface area contributed by atoms with Crippen LogP contribution in [0.5, 0.6) is 0 Å². The van der Waals surface area contributed by atoms with Crippen molar-refractivity contribution in [2.45, 2.75) is 77.7 Å². The number of hydrogen-bond donors (Lipinski definition) is 0. The van der Waals surface area contributed by atoms with Crippen LogP contribution in [0.2, 0.25) is 0 Å². The van der Waals surface area contributed by atoms with Crippen molar-refractivity contribution in [1.82, 2.24) is 4.90 Å². The number of aryl methyl sites for hydroxylation is 2. The Morgan fingerprint density at radius 1 is 1.04 bits per heavy atom. The van der Waals surface area contributed by atoms with Gasteiger partial charge in [0.25, 0.3) is 0 Å². The summed E-state index contributed by atoms with van der Waals surface area (Å²) in [5.74, 6) is -0.0424. The summed E-state index contributed by atoms with van der Waals surface area (Å²) < 4.78 is 5.05. The molecule has 0 saturated heterocycles. The molecule has 4 nitrogen and oxygen atoms in total. The molecule has 0 bridgehead atoms. The van der Waals surface area contributed by atoms with Gasteiger partial charge in [0.1, 0.15) is 0 Å². The van der Waals surface area contributed by atoms with Gasteiger partial charge in [0.15, 0.2) is 0 Å². The highest BCUT2D eigenvalue weighted by molar-refractivity contribution is 5.78. The van der Waals surface area contributed by atoms with Crippen molar-refractivity contribution in [3.63, 3.8) is 0 Å². The highest BCUT2D eigenvalue weighted by Crippen LogP contribution is 2.23. The van der Waals surface area contributed by atoms with E-state index < -0.39 is 0 Å². The summed E-state index contributed by atoms with van der Waals surface area (Å²) >= 11 is 0. The second-order valence-electron chi connectivity index (χ2n) is 7.27. The van der Waals surface area contributed by atoms with Crippen LogP contribution in [-0.4, -0.2) is 36.0 Å². The van der Waals surface area contributed by atoms with Crippen LogP contribution in [-0.2, 0) is 20.7 Å². The van der Waals surface area contributed by atoms with Crippen LogP contribution < -0.4 is 0 Å². The lowest BCUT2D eigenvalue weighted by molar-refractivity contribution is -0.144. The summed E-state index contributed by atoms with van der Waals surface area (Å²) in [7, 11) is 0. The number of nitrogens with zero attached hydrogens (tertiary/aromatic N) is 1. The van der Waals surface area contributed by atoms with Gasteiger partial charge in [-0.3, -0.25) is 9.59 Å². The van der Waals surface area contributed by atoms with Gasteiger partial charge in [0, 0.05) is 19.0 Å². The smallest absolute Gasteiger partial charge is 0.307 e. The van der Waals surface area contributed by atoms with E-state index in [1.54, 1.807) is 0 Å². The van der Waals surface area contributed by atoms with Crippen molar-refractivity contribution in [1.29, 1.82) is 0 Å². The average molecular weight is 360 g/mol. The molecule has 0 aromatic heterocycles. The first-order valence-corrected chi connectivity index (χ1v) is 10.1. The Bertz CT molecular complexity index is 559. The topological polar surface area (TPSA) is 46.6 Å². The van der Waals surface area contributed by atoms with Gasteiger partial charge in [0.2, 0.25) is 5.91 Å². The molecule has 0 radical (unpaired) electrons. The third-order valence-corrected chi connectivity index (χ3v) is 5.20. The van der Waals surface area contributed by atoms with Crippen molar-refractivity contribution in [2.75, 3.05) is 13.2 Å². The Morgan fingerprint density at radius 2 is 1.69 bits per heavy atom. The molecule has 1 aliphatic rings. The molecular weight excluding hydrogens is 326 g/mol. The minimum absolute atomic E-state index is 0.168. The maximum Gasteiger partial charge on any atom is 0.307 e. The van der Waals surface area contributed by atoms with Crippen LogP contribution >= 0.6 is 0 Å². The number of amides is 1. The van der Waals surface area contributed by atoms with Crippen molar-refractivity contribution in [3.05, 3.63) is 35.4 Å². The third-order valence-electron chi connectivity index (χ3n) is 5.20. The number of esters is 1. The number of ether oxygens (including phenoxy) is 1. The van der Waals surface area contributed by atoms with Crippen LogP contribution in [0.15, 0.2) is 24.3 Å². The second-order valence-corrected chi connectivity index (χ2v) is 7.27. The predicted molar refractivity (Wildman–Crippen MR) is 104 cm³/mol. The summed E-state index contributed by atoms with van der Waals surface area (Å²) in [4.78, 5) is 26.7. The molecule has 1 aromatic rings. The fraction of sp³-hybridized carbons (Fsp3) is 0.636. The van der Waals surface area contributed by atoms with Gasteiger partial charge < -0.3 is 9.64 Å². The maximum absolute atomic E-state index is 12.9. The SMILES string of the molecule is CCOC(=O)CCN(C(=O)CCc1ccc(C)cc1)C1CCCCCC1. The van der Waals surface area contributed by atoms with Crippen molar-refractivity contribution in [2.24, 2.45) is 0 Å². The van der Waals surface area contributed by atoms with Gasteiger partial charge in [-0.15, -0.1) is 0 Å². The zero-order chi connectivity index (χ0) is 18.8. The summed E-state index contributed by atoms with van der Waals surface area (Å²) in [5, 5.41) is 0. The van der Waals surface area contributed by atoms with Crippen LogP contribution in [0.3, 0.4) is 0 Å². The normalized spacial score (nSPS) is 15.3. The lowest BCUT2D eigenvalue weighted by Gasteiger charge is -2.31. The number of hydrogen-bond acceptors (Lipinski definition) is 3. The average Bonchev–Trinajstić information content (AvgIpc) is 2.91. The summed E-state index contributed by atoms with van der Waals surface area (Å²) in [6.45, 7) is 4.76. The van der Waals surface area contributed by atoms with Gasteiger partial charge in [-0.2, -0.15) is 0 Å². The largest absolute Gasteiger partial charge is 0.466 e. The quantitative estimate of drug-likeness (QED) is 0.509. The van der Waals surface area contributed by atoms with E-state index in [2.05, 4.69) is 31.2 Å². The lowest BCUT2D eigenvalue weighted by Crippen LogP contribution is -2.41. The highest BCUT2D eigenvalue weighted by Gasteiger charge is 2.25. The minimum atomic E-state index is -0.211. The molecule has 0 N–H and O–H groups in total. The standard InChI is InChI=1S/C22H33NO3/c1-3-26-22(25)16-17-23(20-8-6-4-5-7-9-20)21(24)15-14-19-12-10-18(2)11-13-19/h10-13,20H,3-9,14-17H2,1-2H3. The van der Waals surface area contributed by atoms with E-state index in [-0.39, 0.29) is 17.9 Å². The minimum Gasteiger partial charge on any atom is -0.466 e. The first kappa shape index (κ1) is 20.5. The Balaban J connectivity index is 1.96.